The lowest BCUT2D eigenvalue weighted by Crippen LogP contribution is -1.98. The molecule has 2 aromatic rings. The van der Waals surface area contributed by atoms with Crippen molar-refractivity contribution in [2.75, 3.05) is 5.73 Å². The van der Waals surface area contributed by atoms with E-state index in [9.17, 15) is 13.6 Å². The molecule has 1 heterocycles. The fourth-order valence-corrected chi connectivity index (χ4v) is 1.46. The molecule has 0 fully saturated rings. The van der Waals surface area contributed by atoms with Crippen LogP contribution in [0, 0.1) is 11.6 Å². The maximum absolute atomic E-state index is 13.5. The van der Waals surface area contributed by atoms with Crippen molar-refractivity contribution in [3.8, 4) is 11.1 Å². The van der Waals surface area contributed by atoms with Crippen LogP contribution in [0.25, 0.3) is 11.1 Å². The zero-order valence-electron chi connectivity index (χ0n) is 8.65. The van der Waals surface area contributed by atoms with Crippen molar-refractivity contribution in [2.24, 2.45) is 0 Å². The Kier molecular flexibility index (Phi) is 2.82. The summed E-state index contributed by atoms with van der Waals surface area (Å²) in [6, 6.07) is 5.17. The van der Waals surface area contributed by atoms with Crippen LogP contribution < -0.4 is 5.73 Å². The summed E-state index contributed by atoms with van der Waals surface area (Å²) in [7, 11) is 0. The first-order valence-corrected chi connectivity index (χ1v) is 4.78. The van der Waals surface area contributed by atoms with Gasteiger partial charge in [0.25, 0.3) is 0 Å². The van der Waals surface area contributed by atoms with Crippen LogP contribution in [0.15, 0.2) is 30.5 Å². The predicted octanol–water partition coefficient (Wildman–Crippen LogP) is 2.42. The van der Waals surface area contributed by atoms with Gasteiger partial charge in [0.1, 0.15) is 5.82 Å². The Balaban J connectivity index is 2.61. The van der Waals surface area contributed by atoms with Gasteiger partial charge in [-0.15, -0.1) is 0 Å². The lowest BCUT2D eigenvalue weighted by molar-refractivity contribution is 0.112. The molecule has 3 nitrogen and oxygen atoms in total. The number of halogens is 2. The fraction of sp³-hybridized carbons (Fsp3) is 0. The molecule has 0 aliphatic heterocycles. The number of aldehydes is 1. The molecule has 0 spiro atoms. The van der Waals surface area contributed by atoms with E-state index >= 15 is 0 Å². The van der Waals surface area contributed by atoms with Gasteiger partial charge in [0, 0.05) is 17.3 Å². The van der Waals surface area contributed by atoms with Gasteiger partial charge in [0.05, 0.1) is 5.56 Å². The summed E-state index contributed by atoms with van der Waals surface area (Å²) in [5.74, 6) is -1.87. The number of hydrogen-bond donors (Lipinski definition) is 1. The zero-order chi connectivity index (χ0) is 12.4. The summed E-state index contributed by atoms with van der Waals surface area (Å²) in [5, 5.41) is 0. The fourth-order valence-electron chi connectivity index (χ4n) is 1.46. The third-order valence-corrected chi connectivity index (χ3v) is 2.34. The lowest BCUT2D eigenvalue weighted by Gasteiger charge is -2.05. The van der Waals surface area contributed by atoms with Gasteiger partial charge in [-0.2, -0.15) is 0 Å². The molecule has 1 aromatic heterocycles. The third kappa shape index (κ3) is 1.99. The summed E-state index contributed by atoms with van der Waals surface area (Å²) < 4.78 is 26.5. The van der Waals surface area contributed by atoms with Crippen molar-refractivity contribution in [2.45, 2.75) is 0 Å². The van der Waals surface area contributed by atoms with Crippen molar-refractivity contribution in [1.29, 1.82) is 0 Å². The number of benzene rings is 1. The Labute approximate surface area is 95.9 Å². The number of aromatic nitrogens is 1. The van der Waals surface area contributed by atoms with E-state index in [4.69, 9.17) is 5.73 Å². The van der Waals surface area contributed by atoms with Crippen LogP contribution in [-0.4, -0.2) is 11.3 Å². The van der Waals surface area contributed by atoms with Crippen LogP contribution in [0.3, 0.4) is 0 Å². The van der Waals surface area contributed by atoms with E-state index in [1.807, 2.05) is 0 Å². The topological polar surface area (TPSA) is 56.0 Å². The van der Waals surface area contributed by atoms with Crippen LogP contribution in [0.4, 0.5) is 14.6 Å². The quantitative estimate of drug-likeness (QED) is 0.812. The van der Waals surface area contributed by atoms with Gasteiger partial charge in [0.15, 0.2) is 17.9 Å². The molecule has 0 atom stereocenters. The molecule has 0 unspecified atom stereocenters. The number of anilines is 1. The predicted molar refractivity (Wildman–Crippen MR) is 59.4 cm³/mol. The highest BCUT2D eigenvalue weighted by molar-refractivity contribution is 5.84. The maximum atomic E-state index is 13.5. The molecule has 0 aliphatic rings. The molecule has 0 saturated heterocycles. The molecular formula is C12H8F2N2O. The Morgan fingerprint density at radius 1 is 1.29 bits per heavy atom. The molecule has 5 heteroatoms. The summed E-state index contributed by atoms with van der Waals surface area (Å²) >= 11 is 0. The van der Waals surface area contributed by atoms with Crippen molar-refractivity contribution in [3.63, 3.8) is 0 Å². The van der Waals surface area contributed by atoms with E-state index in [-0.39, 0.29) is 16.9 Å². The van der Waals surface area contributed by atoms with Gasteiger partial charge < -0.3 is 5.73 Å². The van der Waals surface area contributed by atoms with Gasteiger partial charge in [-0.1, -0.05) is 12.1 Å². The molecule has 2 N–H and O–H groups in total. The molecule has 0 bridgehead atoms. The zero-order valence-corrected chi connectivity index (χ0v) is 8.65. The highest BCUT2D eigenvalue weighted by atomic mass is 19.2. The van der Waals surface area contributed by atoms with Crippen LogP contribution in [-0.2, 0) is 0 Å². The molecular weight excluding hydrogens is 226 g/mol. The Bertz CT molecular complexity index is 585. The van der Waals surface area contributed by atoms with E-state index in [0.29, 0.717) is 11.8 Å². The molecule has 0 amide bonds. The van der Waals surface area contributed by atoms with E-state index in [1.165, 1.54) is 24.4 Å². The van der Waals surface area contributed by atoms with Crippen molar-refractivity contribution >= 4 is 12.1 Å². The van der Waals surface area contributed by atoms with Gasteiger partial charge in [-0.25, -0.2) is 13.8 Å². The van der Waals surface area contributed by atoms with Crippen LogP contribution in [0.2, 0.25) is 0 Å². The van der Waals surface area contributed by atoms with E-state index in [1.54, 1.807) is 0 Å². The minimum Gasteiger partial charge on any atom is -0.383 e. The second-order valence-corrected chi connectivity index (χ2v) is 3.42. The summed E-state index contributed by atoms with van der Waals surface area (Å²) in [6.07, 6.45) is 1.81. The summed E-state index contributed by atoms with van der Waals surface area (Å²) in [4.78, 5) is 14.4. The molecule has 0 aliphatic carbocycles. The average molecular weight is 234 g/mol. The molecule has 1 aromatic carbocycles. The minimum atomic E-state index is -0.976. The van der Waals surface area contributed by atoms with E-state index < -0.39 is 11.6 Å². The number of nitrogens with two attached hydrogens (primary N) is 1. The van der Waals surface area contributed by atoms with Gasteiger partial charge in [0.2, 0.25) is 0 Å². The number of hydrogen-bond acceptors (Lipinski definition) is 3. The standard InChI is InChI=1S/C12H8F2N2O/c13-10-3-1-2-9(11(10)14)7-4-8(6-17)12(15)16-5-7/h1-6H,(H2,15,16). The first-order chi connectivity index (χ1) is 8.13. The number of carbonyl (C=O) groups is 1. The average Bonchev–Trinajstić information content (AvgIpc) is 2.34. The number of nitrogen functional groups attached to an aromatic ring is 1. The normalized spacial score (nSPS) is 10.2. The summed E-state index contributed by atoms with van der Waals surface area (Å²) in [6.45, 7) is 0. The SMILES string of the molecule is Nc1ncc(-c2cccc(F)c2F)cc1C=O. The molecule has 0 radical (unpaired) electrons. The van der Waals surface area contributed by atoms with Crippen LogP contribution >= 0.6 is 0 Å². The van der Waals surface area contributed by atoms with Crippen molar-refractivity contribution in [3.05, 3.63) is 47.7 Å². The molecule has 2 rings (SSSR count). The maximum Gasteiger partial charge on any atom is 0.166 e. The Hall–Kier alpha value is -2.30. The highest BCUT2D eigenvalue weighted by Crippen LogP contribution is 2.25. The Morgan fingerprint density at radius 3 is 2.76 bits per heavy atom. The van der Waals surface area contributed by atoms with Crippen molar-refractivity contribution in [1.82, 2.24) is 4.98 Å². The first-order valence-electron chi connectivity index (χ1n) is 4.78. The lowest BCUT2D eigenvalue weighted by atomic mass is 10.1. The second-order valence-electron chi connectivity index (χ2n) is 3.42. The van der Waals surface area contributed by atoms with Crippen LogP contribution in [0.1, 0.15) is 10.4 Å². The molecule has 0 saturated carbocycles. The number of carbonyl (C=O) groups excluding carboxylic acids is 1. The van der Waals surface area contributed by atoms with Crippen molar-refractivity contribution < 1.29 is 13.6 Å². The summed E-state index contributed by atoms with van der Waals surface area (Å²) in [5.41, 5.74) is 5.93. The van der Waals surface area contributed by atoms with Gasteiger partial charge in [-0.3, -0.25) is 4.79 Å². The smallest absolute Gasteiger partial charge is 0.166 e. The molecule has 17 heavy (non-hydrogen) atoms. The second kappa shape index (κ2) is 4.29. The Morgan fingerprint density at radius 2 is 2.06 bits per heavy atom. The highest BCUT2D eigenvalue weighted by Gasteiger charge is 2.11. The third-order valence-electron chi connectivity index (χ3n) is 2.34. The molecule has 86 valence electrons. The number of rotatable bonds is 2. The van der Waals surface area contributed by atoms with E-state index in [2.05, 4.69) is 4.98 Å². The minimum absolute atomic E-state index is 0.0422. The van der Waals surface area contributed by atoms with Gasteiger partial charge in [-0.05, 0) is 12.1 Å². The van der Waals surface area contributed by atoms with Gasteiger partial charge >= 0.3 is 0 Å². The number of nitrogens with zero attached hydrogens (tertiary/aromatic N) is 1. The van der Waals surface area contributed by atoms with E-state index in [0.717, 1.165) is 6.07 Å². The number of pyridine rings is 1. The largest absolute Gasteiger partial charge is 0.383 e. The van der Waals surface area contributed by atoms with Crippen LogP contribution in [0.5, 0.6) is 0 Å². The monoisotopic (exact) mass is 234 g/mol. The first kappa shape index (κ1) is 11.2.